The topological polar surface area (TPSA) is 0 Å². The Morgan fingerprint density at radius 3 is 1.30 bits per heavy atom. The van der Waals surface area contributed by atoms with Crippen LogP contribution in [0.4, 0.5) is 0 Å². The molecule has 53 heavy (non-hydrogen) atoms. The average Bonchev–Trinajstić information content (AvgIpc) is 4.04. The molecule has 0 aromatic heterocycles. The summed E-state index contributed by atoms with van der Waals surface area (Å²) in [4.78, 5) is 0. The summed E-state index contributed by atoms with van der Waals surface area (Å²) >= 11 is 0. The summed E-state index contributed by atoms with van der Waals surface area (Å²) in [6.45, 7) is 13.9. The number of hydrogen-bond donors (Lipinski definition) is 0. The van der Waals surface area contributed by atoms with Crippen LogP contribution in [0.25, 0.3) is 10.8 Å². The standard InChI is InChI=1S/C11H10.2C10H18.C9H16.C7H8.C6H12/c1-9-5-4-7-10-6-2-3-8-11(9)10;1-8-4-2-5-9-6-3-7-10(8)9;1-8-6-7-9-4-2-3-5-10(8)9;1-7-5-6-8-3-2-4-9(7)8;1-7-5-3-2-4-6-7;1-6-4-2-3-5-6/h2-8H,1H3;2*8-10H,2-7H2,1H3;7-9H,2-6H2,1H3;2-6H,1H3;6H,2-5H2,1H3. The third-order valence-electron chi connectivity index (χ3n) is 15.4. The summed E-state index contributed by atoms with van der Waals surface area (Å²) in [6, 6.07) is 25.1. The van der Waals surface area contributed by atoms with Gasteiger partial charge in [0.1, 0.15) is 0 Å². The van der Waals surface area contributed by atoms with Crippen LogP contribution in [-0.4, -0.2) is 0 Å². The van der Waals surface area contributed by atoms with Gasteiger partial charge in [-0.1, -0.05) is 209 Å². The largest absolute Gasteiger partial charge is 0.0625 e. The average molecular weight is 719 g/mol. The second-order valence-corrected chi connectivity index (χ2v) is 19.3. The smallest absolute Gasteiger partial charge is 0.0155 e. The van der Waals surface area contributed by atoms with Crippen molar-refractivity contribution >= 4 is 10.8 Å². The van der Waals surface area contributed by atoms with E-state index in [1.807, 2.05) is 18.2 Å². The van der Waals surface area contributed by atoms with E-state index in [0.29, 0.717) is 0 Å². The minimum absolute atomic E-state index is 1.05. The van der Waals surface area contributed by atoms with Crippen LogP contribution in [0.5, 0.6) is 0 Å². The molecule has 7 aliphatic rings. The highest BCUT2D eigenvalue weighted by atomic mass is 14.4. The van der Waals surface area contributed by atoms with Gasteiger partial charge in [-0.25, -0.2) is 0 Å². The normalized spacial score (nSPS) is 32.4. The minimum Gasteiger partial charge on any atom is -0.0625 e. The number of hydrogen-bond acceptors (Lipinski definition) is 0. The Balaban J connectivity index is 0.000000124. The molecule has 10 rings (SSSR count). The van der Waals surface area contributed by atoms with Gasteiger partial charge in [-0.2, -0.15) is 0 Å². The van der Waals surface area contributed by atoms with Gasteiger partial charge < -0.3 is 0 Å². The molecule has 0 nitrogen and oxygen atoms in total. The fraction of sp³-hybridized carbons (Fsp3) is 0.698. The zero-order valence-electron chi connectivity index (χ0n) is 35.6. The van der Waals surface area contributed by atoms with Gasteiger partial charge in [-0.3, -0.25) is 0 Å². The van der Waals surface area contributed by atoms with Gasteiger partial charge >= 0.3 is 0 Å². The maximum Gasteiger partial charge on any atom is -0.0155 e. The van der Waals surface area contributed by atoms with Gasteiger partial charge in [-0.05, 0) is 121 Å². The fourth-order valence-corrected chi connectivity index (χ4v) is 12.0. The van der Waals surface area contributed by atoms with E-state index in [1.54, 1.807) is 57.8 Å². The summed E-state index contributed by atoms with van der Waals surface area (Å²) in [5, 5.41) is 2.68. The van der Waals surface area contributed by atoms with Crippen LogP contribution in [0.15, 0.2) is 72.8 Å². The van der Waals surface area contributed by atoms with E-state index in [0.717, 1.165) is 59.2 Å². The lowest BCUT2D eigenvalue weighted by Gasteiger charge is -2.31. The van der Waals surface area contributed by atoms with Crippen LogP contribution in [-0.2, 0) is 0 Å². The quantitative estimate of drug-likeness (QED) is 0.217. The Labute approximate surface area is 329 Å². The monoisotopic (exact) mass is 719 g/mol. The molecule has 9 unspecified atom stereocenters. The van der Waals surface area contributed by atoms with Crippen molar-refractivity contribution in [1.29, 1.82) is 0 Å². The first-order valence-corrected chi connectivity index (χ1v) is 23.3. The van der Waals surface area contributed by atoms with Gasteiger partial charge in [-0.15, -0.1) is 0 Å². The van der Waals surface area contributed by atoms with Crippen LogP contribution < -0.4 is 0 Å². The predicted octanol–water partition coefficient (Wildman–Crippen LogP) is 16.6. The summed E-state index contributed by atoms with van der Waals surface area (Å²) in [6.07, 6.45) is 32.1. The third kappa shape index (κ3) is 13.3. The summed E-state index contributed by atoms with van der Waals surface area (Å²) in [5.41, 5.74) is 2.67. The fourth-order valence-electron chi connectivity index (χ4n) is 12.0. The molecule has 0 heterocycles. The minimum atomic E-state index is 1.05. The molecule has 3 aromatic carbocycles. The maximum atomic E-state index is 2.46. The zero-order chi connectivity index (χ0) is 37.4. The molecule has 0 N–H and O–H groups in total. The van der Waals surface area contributed by atoms with Gasteiger partial charge in [0.05, 0.1) is 0 Å². The van der Waals surface area contributed by atoms with Crippen molar-refractivity contribution in [3.05, 3.63) is 83.9 Å². The lowest BCUT2D eigenvalue weighted by Crippen LogP contribution is -2.21. The summed E-state index contributed by atoms with van der Waals surface area (Å²) < 4.78 is 0. The van der Waals surface area contributed by atoms with Crippen LogP contribution in [0.1, 0.15) is 174 Å². The molecule has 0 spiro atoms. The number of aryl methyl sites for hydroxylation is 2. The summed E-state index contributed by atoms with van der Waals surface area (Å²) in [5.74, 6) is 11.1. The number of rotatable bonds is 0. The van der Waals surface area contributed by atoms with Crippen LogP contribution in [0.2, 0.25) is 0 Å². The first-order valence-electron chi connectivity index (χ1n) is 23.3. The number of fused-ring (bicyclic) bond motifs is 4. The molecule has 7 saturated carbocycles. The Morgan fingerprint density at radius 2 is 0.792 bits per heavy atom. The highest BCUT2D eigenvalue weighted by Crippen LogP contribution is 2.48. The molecule has 7 fully saturated rings. The van der Waals surface area contributed by atoms with Gasteiger partial charge in [0, 0.05) is 0 Å². The first-order chi connectivity index (χ1) is 25.8. The molecular formula is C53H82. The van der Waals surface area contributed by atoms with E-state index in [1.165, 1.54) is 98.9 Å². The lowest BCUT2D eigenvalue weighted by molar-refractivity contribution is 0.197. The van der Waals surface area contributed by atoms with Crippen LogP contribution >= 0.6 is 0 Å². The van der Waals surface area contributed by atoms with Crippen LogP contribution in [0.3, 0.4) is 0 Å². The second kappa shape index (κ2) is 22.5. The van der Waals surface area contributed by atoms with Crippen molar-refractivity contribution < 1.29 is 0 Å². The number of benzene rings is 3. The highest BCUT2D eigenvalue weighted by Gasteiger charge is 2.36. The van der Waals surface area contributed by atoms with Crippen molar-refractivity contribution in [2.75, 3.05) is 0 Å². The molecule has 3 aromatic rings. The van der Waals surface area contributed by atoms with Gasteiger partial charge in [0.15, 0.2) is 0 Å². The van der Waals surface area contributed by atoms with E-state index in [4.69, 9.17) is 0 Å². The molecule has 0 amide bonds. The molecule has 294 valence electrons. The van der Waals surface area contributed by atoms with E-state index in [9.17, 15) is 0 Å². The molecule has 0 bridgehead atoms. The van der Waals surface area contributed by atoms with Crippen molar-refractivity contribution in [2.45, 2.75) is 176 Å². The second-order valence-electron chi connectivity index (χ2n) is 19.3. The third-order valence-corrected chi connectivity index (χ3v) is 15.4. The maximum absolute atomic E-state index is 2.46. The predicted molar refractivity (Wildman–Crippen MR) is 234 cm³/mol. The Hall–Kier alpha value is -2.08. The Morgan fingerprint density at radius 1 is 0.358 bits per heavy atom. The van der Waals surface area contributed by atoms with E-state index >= 15 is 0 Å². The van der Waals surface area contributed by atoms with E-state index in [2.05, 4.69) is 96.1 Å². The molecule has 9 atom stereocenters. The molecule has 0 heteroatoms. The Kier molecular flexibility index (Phi) is 17.8. The van der Waals surface area contributed by atoms with Crippen LogP contribution in [0, 0.1) is 73.0 Å². The van der Waals surface area contributed by atoms with Crippen molar-refractivity contribution in [2.24, 2.45) is 59.2 Å². The lowest BCUT2D eigenvalue weighted by atomic mass is 9.75. The molecule has 0 saturated heterocycles. The van der Waals surface area contributed by atoms with Crippen molar-refractivity contribution in [3.63, 3.8) is 0 Å². The van der Waals surface area contributed by atoms with Crippen molar-refractivity contribution in [3.8, 4) is 0 Å². The molecule has 0 radical (unpaired) electrons. The molecular weight excluding hydrogens is 637 g/mol. The zero-order valence-corrected chi connectivity index (χ0v) is 35.6. The molecule has 0 aliphatic heterocycles. The van der Waals surface area contributed by atoms with E-state index < -0.39 is 0 Å². The van der Waals surface area contributed by atoms with Crippen molar-refractivity contribution in [1.82, 2.24) is 0 Å². The first kappa shape index (κ1) is 42.1. The van der Waals surface area contributed by atoms with Gasteiger partial charge in [0.25, 0.3) is 0 Å². The SMILES string of the molecule is CC1CCC2CCCC12.CC1CCC2CCCCC12.CC1CCCC1.CC1CCCC2CCCC12.Cc1cccc2ccccc12.Cc1ccccc1. The summed E-state index contributed by atoms with van der Waals surface area (Å²) in [7, 11) is 0. The van der Waals surface area contributed by atoms with Gasteiger partial charge in [0.2, 0.25) is 0 Å². The molecule has 7 aliphatic carbocycles. The Bertz CT molecular complexity index is 1390. The van der Waals surface area contributed by atoms with E-state index in [-0.39, 0.29) is 0 Å². The highest BCUT2D eigenvalue weighted by molar-refractivity contribution is 5.85.